The number of pyridine rings is 1. The molecule has 2 N–H and O–H groups in total. The number of amides is 1. The van der Waals surface area contributed by atoms with Crippen molar-refractivity contribution in [1.29, 1.82) is 0 Å². The van der Waals surface area contributed by atoms with Gasteiger partial charge in [0, 0.05) is 5.69 Å². The van der Waals surface area contributed by atoms with Crippen LogP contribution in [0.15, 0.2) is 22.9 Å². The maximum Gasteiger partial charge on any atom is 0.417 e. The molecule has 0 aromatic carbocycles. The van der Waals surface area contributed by atoms with Crippen molar-refractivity contribution < 1.29 is 32.3 Å². The van der Waals surface area contributed by atoms with Gasteiger partial charge in [-0.25, -0.2) is 14.6 Å². The second-order valence-corrected chi connectivity index (χ2v) is 5.25. The van der Waals surface area contributed by atoms with Crippen molar-refractivity contribution >= 4 is 28.9 Å². The number of nitrogens with zero attached hydrogens (tertiary/aromatic N) is 4. The van der Waals surface area contributed by atoms with Gasteiger partial charge in [0.15, 0.2) is 5.76 Å². The van der Waals surface area contributed by atoms with Crippen molar-refractivity contribution in [2.24, 2.45) is 0 Å². The molecule has 0 fully saturated rings. The Morgan fingerprint density at radius 3 is 2.73 bits per heavy atom. The lowest BCUT2D eigenvalue weighted by Crippen LogP contribution is -2.13. The number of carbonyl (C=O) groups excluding carboxylic acids is 1. The van der Waals surface area contributed by atoms with E-state index in [4.69, 9.17) is 9.52 Å². The molecule has 1 amide bonds. The number of fused-ring (bicyclic) bond motifs is 1. The van der Waals surface area contributed by atoms with E-state index in [2.05, 4.69) is 20.4 Å². The number of aryl methyl sites for hydroxylation is 1. The van der Waals surface area contributed by atoms with Gasteiger partial charge in [-0.2, -0.15) is 13.2 Å². The predicted octanol–water partition coefficient (Wildman–Crippen LogP) is 2.08. The lowest BCUT2D eigenvalue weighted by molar-refractivity contribution is -0.138. The van der Waals surface area contributed by atoms with Crippen LogP contribution in [-0.4, -0.2) is 36.7 Å². The van der Waals surface area contributed by atoms with E-state index in [0.29, 0.717) is 0 Å². The Hall–Kier alpha value is -3.44. The average molecular weight is 369 g/mol. The Bertz CT molecular complexity index is 1010. The predicted molar refractivity (Wildman–Crippen MR) is 79.4 cm³/mol. The largest absolute Gasteiger partial charge is 0.480 e. The lowest BCUT2D eigenvalue weighted by Gasteiger charge is -2.07. The highest BCUT2D eigenvalue weighted by Crippen LogP contribution is 2.36. The number of hydrogen-bond acceptors (Lipinski definition) is 6. The number of aliphatic carboxylic acids is 1. The molecule has 0 aliphatic heterocycles. The molecule has 3 heterocycles. The third kappa shape index (κ3) is 3.48. The monoisotopic (exact) mass is 369 g/mol. The van der Waals surface area contributed by atoms with Crippen molar-refractivity contribution in [3.8, 4) is 0 Å². The fraction of sp³-hybridized carbons (Fsp3) is 0.214. The van der Waals surface area contributed by atoms with E-state index < -0.39 is 35.9 Å². The summed E-state index contributed by atoms with van der Waals surface area (Å²) in [6.45, 7) is 0.904. The summed E-state index contributed by atoms with van der Waals surface area (Å²) < 4.78 is 45.4. The maximum atomic E-state index is 13.1. The molecule has 0 unspecified atom stereocenters. The summed E-state index contributed by atoms with van der Waals surface area (Å²) >= 11 is 0. The molecule has 9 nitrogen and oxygen atoms in total. The number of halogens is 3. The number of nitrogens with one attached hydrogen (secondary N) is 1. The first-order chi connectivity index (χ1) is 12.1. The number of carboxylic acids is 1. The van der Waals surface area contributed by atoms with E-state index in [1.54, 1.807) is 0 Å². The summed E-state index contributed by atoms with van der Waals surface area (Å²) in [6, 6.07) is 1.78. The Morgan fingerprint density at radius 2 is 2.08 bits per heavy atom. The maximum absolute atomic E-state index is 13.1. The molecule has 0 spiro atoms. The zero-order valence-corrected chi connectivity index (χ0v) is 13.0. The van der Waals surface area contributed by atoms with Gasteiger partial charge in [-0.15, -0.1) is 5.10 Å². The number of carbonyl (C=O) groups is 2. The second-order valence-electron chi connectivity index (χ2n) is 5.25. The average Bonchev–Trinajstić information content (AvgIpc) is 3.11. The molecule has 3 aromatic rings. The molecule has 26 heavy (non-hydrogen) atoms. The number of furan rings is 1. The summed E-state index contributed by atoms with van der Waals surface area (Å²) in [7, 11) is 0. The molecule has 0 saturated heterocycles. The fourth-order valence-electron chi connectivity index (χ4n) is 2.21. The van der Waals surface area contributed by atoms with Crippen LogP contribution in [-0.2, 0) is 17.5 Å². The quantitative estimate of drug-likeness (QED) is 0.722. The molecular weight excluding hydrogens is 359 g/mol. The van der Waals surface area contributed by atoms with Crippen molar-refractivity contribution in [3.63, 3.8) is 0 Å². The van der Waals surface area contributed by atoms with E-state index in [-0.39, 0.29) is 22.7 Å². The molecule has 0 aliphatic carbocycles. The Labute approximate surface area is 142 Å². The molecule has 12 heteroatoms. The van der Waals surface area contributed by atoms with Crippen LogP contribution in [0.2, 0.25) is 0 Å². The smallest absolute Gasteiger partial charge is 0.417 e. The first-order valence-electron chi connectivity index (χ1n) is 7.04. The molecule has 3 aromatic heterocycles. The molecule has 3 rings (SSSR count). The van der Waals surface area contributed by atoms with Gasteiger partial charge in [-0.3, -0.25) is 14.9 Å². The first-order valence-corrected chi connectivity index (χ1v) is 7.04. The van der Waals surface area contributed by atoms with Gasteiger partial charge >= 0.3 is 12.1 Å². The van der Waals surface area contributed by atoms with Gasteiger partial charge in [0.05, 0.1) is 10.9 Å². The van der Waals surface area contributed by atoms with E-state index in [9.17, 15) is 22.8 Å². The number of anilines is 1. The third-order valence-electron chi connectivity index (χ3n) is 3.22. The van der Waals surface area contributed by atoms with Crippen molar-refractivity contribution in [3.05, 3.63) is 35.5 Å². The topological polar surface area (TPSA) is 123 Å². The van der Waals surface area contributed by atoms with Crippen LogP contribution in [0.5, 0.6) is 0 Å². The van der Waals surface area contributed by atoms with Gasteiger partial charge in [0.2, 0.25) is 11.7 Å². The molecule has 0 saturated carbocycles. The summed E-state index contributed by atoms with van der Waals surface area (Å²) in [4.78, 5) is 30.2. The molecule has 0 radical (unpaired) electrons. The normalized spacial score (nSPS) is 11.7. The second kappa shape index (κ2) is 6.13. The molecular formula is C14H10F3N5O4. The van der Waals surface area contributed by atoms with Crippen LogP contribution in [0.4, 0.5) is 19.1 Å². The van der Waals surface area contributed by atoms with Crippen LogP contribution in [0.1, 0.15) is 21.8 Å². The van der Waals surface area contributed by atoms with Crippen LogP contribution < -0.4 is 5.32 Å². The number of aromatic nitrogens is 4. The fourth-order valence-corrected chi connectivity index (χ4v) is 2.21. The van der Waals surface area contributed by atoms with Gasteiger partial charge in [-0.05, 0) is 19.1 Å². The Balaban J connectivity index is 1.89. The number of carboxylic acid groups (broad SMARTS) is 1. The first kappa shape index (κ1) is 17.4. The highest BCUT2D eigenvalue weighted by atomic mass is 19.4. The zero-order valence-electron chi connectivity index (χ0n) is 13.0. The van der Waals surface area contributed by atoms with Crippen molar-refractivity contribution in [2.75, 3.05) is 5.32 Å². The van der Waals surface area contributed by atoms with Gasteiger partial charge in [0.1, 0.15) is 12.9 Å². The Kier molecular flexibility index (Phi) is 4.10. The van der Waals surface area contributed by atoms with Gasteiger partial charge in [0.25, 0.3) is 5.91 Å². The van der Waals surface area contributed by atoms with Crippen molar-refractivity contribution in [2.45, 2.75) is 19.6 Å². The molecule has 0 aliphatic rings. The minimum Gasteiger partial charge on any atom is -0.480 e. The van der Waals surface area contributed by atoms with Crippen LogP contribution >= 0.6 is 0 Å². The molecule has 0 bridgehead atoms. The van der Waals surface area contributed by atoms with Crippen LogP contribution in [0.25, 0.3) is 11.1 Å². The number of rotatable bonds is 4. The zero-order chi connectivity index (χ0) is 19.1. The van der Waals surface area contributed by atoms with Crippen LogP contribution in [0.3, 0.4) is 0 Å². The van der Waals surface area contributed by atoms with Crippen LogP contribution in [0, 0.1) is 6.92 Å². The van der Waals surface area contributed by atoms with E-state index >= 15 is 0 Å². The van der Waals surface area contributed by atoms with Gasteiger partial charge < -0.3 is 9.52 Å². The SMILES string of the molecule is Cc1cc(C(F)(F)F)c2cc(C(=O)Nc3ncn(CC(=O)O)n3)oc2n1. The standard InChI is InChI=1S/C14H10F3N5O4/c1-6-2-8(14(15,16)17)7-3-9(26-12(7)19-6)11(25)20-13-18-5-22(21-13)4-10(23)24/h2-3,5H,4H2,1H3,(H,23,24)(H,20,21,25). The summed E-state index contributed by atoms with van der Waals surface area (Å²) in [5.74, 6) is -2.71. The van der Waals surface area contributed by atoms with E-state index in [1.165, 1.54) is 6.92 Å². The van der Waals surface area contributed by atoms with Crippen molar-refractivity contribution in [1.82, 2.24) is 19.7 Å². The number of hydrogen-bond donors (Lipinski definition) is 2. The highest BCUT2D eigenvalue weighted by Gasteiger charge is 2.34. The summed E-state index contributed by atoms with van der Waals surface area (Å²) in [5, 5.41) is 14.2. The summed E-state index contributed by atoms with van der Waals surface area (Å²) in [5.41, 5.74) is -1.21. The lowest BCUT2D eigenvalue weighted by atomic mass is 10.1. The van der Waals surface area contributed by atoms with E-state index in [1.807, 2.05) is 0 Å². The van der Waals surface area contributed by atoms with Gasteiger partial charge in [-0.1, -0.05) is 0 Å². The molecule has 0 atom stereocenters. The minimum atomic E-state index is -4.64. The minimum absolute atomic E-state index is 0.0835. The van der Waals surface area contributed by atoms with E-state index in [0.717, 1.165) is 23.1 Å². The summed E-state index contributed by atoms with van der Waals surface area (Å²) in [6.07, 6.45) is -3.56. The molecule has 136 valence electrons. The third-order valence-corrected chi connectivity index (χ3v) is 3.22. The Morgan fingerprint density at radius 1 is 1.35 bits per heavy atom. The number of alkyl halides is 3. The highest BCUT2D eigenvalue weighted by molar-refractivity contribution is 6.03.